The van der Waals surface area contributed by atoms with E-state index in [0.29, 0.717) is 0 Å². The number of hydrogen-bond donors (Lipinski definition) is 0. The van der Waals surface area contributed by atoms with Crippen LogP contribution in [0.5, 0.6) is 0 Å². The van der Waals surface area contributed by atoms with E-state index >= 15 is 0 Å². The van der Waals surface area contributed by atoms with Crippen LogP contribution in [-0.4, -0.2) is 26.6 Å². The van der Waals surface area contributed by atoms with Crippen LogP contribution in [0, 0.1) is 0 Å². The molecule has 3 nitrogen and oxygen atoms in total. The zero-order chi connectivity index (χ0) is 8.27. The van der Waals surface area contributed by atoms with Crippen molar-refractivity contribution in [3.8, 4) is 0 Å². The van der Waals surface area contributed by atoms with Crippen LogP contribution in [0.25, 0.3) is 0 Å². The van der Waals surface area contributed by atoms with Crippen molar-refractivity contribution >= 4 is 9.39 Å². The molecule has 0 saturated carbocycles. The summed E-state index contributed by atoms with van der Waals surface area (Å²) in [6.07, 6.45) is 4.72. The van der Waals surface area contributed by atoms with Crippen molar-refractivity contribution in [2.24, 2.45) is 0 Å². The van der Waals surface area contributed by atoms with Crippen LogP contribution in [0.15, 0.2) is 12.4 Å². The normalized spacial score (nSPS) is 11.0. The van der Waals surface area contributed by atoms with Crippen LogP contribution < -0.4 is 0 Å². The second-order valence-electron chi connectivity index (χ2n) is 2.30. The molecule has 5 heteroatoms. The molecule has 0 aromatic carbocycles. The molecule has 0 aliphatic heterocycles. The summed E-state index contributed by atoms with van der Waals surface area (Å²) >= 11 is 2.81. The minimum atomic E-state index is 0.976. The van der Waals surface area contributed by atoms with E-state index in [0.717, 1.165) is 18.8 Å². The van der Waals surface area contributed by atoms with Crippen molar-refractivity contribution in [3.63, 3.8) is 0 Å². The molecule has 0 spiro atoms. The summed E-state index contributed by atoms with van der Waals surface area (Å²) in [4.78, 5) is 4.19. The van der Waals surface area contributed by atoms with Gasteiger partial charge in [0.05, 0.1) is 0 Å². The van der Waals surface area contributed by atoms with Crippen LogP contribution in [0.1, 0.15) is 5.82 Å². The van der Waals surface area contributed by atoms with Crippen LogP contribution in [0.3, 0.4) is 0 Å². The van der Waals surface area contributed by atoms with Crippen molar-refractivity contribution in [1.82, 2.24) is 13.0 Å². The van der Waals surface area contributed by atoms with E-state index in [1.807, 2.05) is 27.4 Å². The Morgan fingerprint density at radius 3 is 3.00 bits per heavy atom. The Morgan fingerprint density at radius 2 is 2.55 bits per heavy atom. The first-order chi connectivity index (χ1) is 5.20. The van der Waals surface area contributed by atoms with E-state index in [-0.39, 0.29) is 0 Å². The second-order valence-corrected chi connectivity index (χ2v) is 4.10. The predicted molar refractivity (Wildman–Crippen MR) is 43.7 cm³/mol. The molecule has 0 bridgehead atoms. The van der Waals surface area contributed by atoms with Gasteiger partial charge in [0.2, 0.25) is 0 Å². The van der Waals surface area contributed by atoms with Gasteiger partial charge in [0.25, 0.3) is 0 Å². The van der Waals surface area contributed by atoms with Crippen molar-refractivity contribution < 1.29 is 18.5 Å². The van der Waals surface area contributed by atoms with Crippen LogP contribution in [-0.2, 0) is 25.0 Å². The van der Waals surface area contributed by atoms with Gasteiger partial charge >= 0.3 is 79.1 Å². The fraction of sp³-hybridized carbons (Fsp3) is 0.500. The Labute approximate surface area is 79.4 Å². The first-order valence-corrected chi connectivity index (χ1v) is 4.57. The molecule has 0 N–H and O–H groups in total. The fourth-order valence-electron chi connectivity index (χ4n) is 0.787. The Kier molecular flexibility index (Phi) is 3.64. The van der Waals surface area contributed by atoms with Gasteiger partial charge in [-0.15, -0.1) is 0 Å². The van der Waals surface area contributed by atoms with Gasteiger partial charge in [0, 0.05) is 0 Å². The second kappa shape index (κ2) is 4.30. The Morgan fingerprint density at radius 1 is 1.82 bits per heavy atom. The number of likely N-dealkylation sites (N-methyl/N-ethyl adjacent to an activating group) is 1. The zero-order valence-corrected chi connectivity index (χ0v) is 9.11. The standard InChI is InChI=1S/C6H11N3P.Rh/c1-7-3-2-6-8-4-5-9(6)10;/h4-5H,2-3,10H2,1H3;/q-1;+1. The molecule has 1 aromatic rings. The molecule has 11 heavy (non-hydrogen) atoms. The Bertz CT molecular complexity index is 223. The summed E-state index contributed by atoms with van der Waals surface area (Å²) < 4.78 is 4.01. The molecule has 1 aromatic heterocycles. The summed E-state index contributed by atoms with van der Waals surface area (Å²) in [5, 5.41) is 0. The molecule has 0 saturated heterocycles. The van der Waals surface area contributed by atoms with Crippen LogP contribution in [0.2, 0.25) is 0 Å². The molecule has 1 atom stereocenters. The van der Waals surface area contributed by atoms with Crippen molar-refractivity contribution in [3.05, 3.63) is 18.2 Å². The summed E-state index contributed by atoms with van der Waals surface area (Å²) in [5.41, 5.74) is 0. The minimum absolute atomic E-state index is 0.976. The monoisotopic (exact) mass is 259 g/mol. The van der Waals surface area contributed by atoms with Gasteiger partial charge in [0.1, 0.15) is 0 Å². The fourth-order valence-corrected chi connectivity index (χ4v) is 1.24. The van der Waals surface area contributed by atoms with Gasteiger partial charge in [-0.25, -0.2) is 0 Å². The first kappa shape index (κ1) is 9.31. The van der Waals surface area contributed by atoms with E-state index in [2.05, 4.69) is 32.9 Å². The van der Waals surface area contributed by atoms with Gasteiger partial charge < -0.3 is 0 Å². The Hall–Kier alpha value is 0.223. The van der Waals surface area contributed by atoms with Crippen LogP contribution in [0.4, 0.5) is 0 Å². The molecule has 0 radical (unpaired) electrons. The summed E-state index contributed by atoms with van der Waals surface area (Å²) in [6.45, 7) is 0.998. The molecular formula is C6H11N3PRh. The van der Waals surface area contributed by atoms with Crippen molar-refractivity contribution in [1.29, 1.82) is 0 Å². The number of nitrogens with zero attached hydrogens (tertiary/aromatic N) is 3. The van der Waals surface area contributed by atoms with E-state index in [9.17, 15) is 0 Å². The zero-order valence-electron chi connectivity index (χ0n) is 6.32. The van der Waals surface area contributed by atoms with Crippen molar-refractivity contribution in [2.75, 3.05) is 13.6 Å². The molecule has 0 aliphatic rings. The SMILES string of the molecule is C[N]([Rh])CCc1nccn1P. The molecule has 1 heterocycles. The molecule has 0 aliphatic carbocycles. The predicted octanol–water partition coefficient (Wildman–Crippen LogP) is 0.457. The van der Waals surface area contributed by atoms with Crippen LogP contribution >= 0.6 is 9.39 Å². The molecule has 1 unspecified atom stereocenters. The Balaban J connectivity index is 2.44. The third kappa shape index (κ3) is 2.98. The number of aromatic nitrogens is 2. The molecule has 64 valence electrons. The summed E-state index contributed by atoms with van der Waals surface area (Å²) in [7, 11) is 4.62. The molecular weight excluding hydrogens is 248 g/mol. The van der Waals surface area contributed by atoms with E-state index in [1.54, 1.807) is 0 Å². The summed E-state index contributed by atoms with van der Waals surface area (Å²) in [6, 6.07) is 0. The molecule has 0 fully saturated rings. The van der Waals surface area contributed by atoms with Gasteiger partial charge in [0.15, 0.2) is 0 Å². The van der Waals surface area contributed by atoms with Gasteiger partial charge in [-0.3, -0.25) is 0 Å². The van der Waals surface area contributed by atoms with Gasteiger partial charge in [-0.1, -0.05) is 0 Å². The van der Waals surface area contributed by atoms with Gasteiger partial charge in [-0.2, -0.15) is 0 Å². The topological polar surface area (TPSA) is 21.1 Å². The maximum absolute atomic E-state index is 4.19. The number of rotatable bonds is 3. The average Bonchev–Trinajstić information content (AvgIpc) is 2.31. The first-order valence-electron chi connectivity index (χ1n) is 3.32. The van der Waals surface area contributed by atoms with E-state index < -0.39 is 0 Å². The number of hydrogen-bond acceptors (Lipinski definition) is 2. The van der Waals surface area contributed by atoms with Crippen molar-refractivity contribution in [2.45, 2.75) is 6.42 Å². The summed E-state index contributed by atoms with van der Waals surface area (Å²) in [5.74, 6) is 1.10. The molecule has 0 amide bonds. The number of imidazole rings is 1. The van der Waals surface area contributed by atoms with E-state index in [1.165, 1.54) is 0 Å². The maximum atomic E-state index is 4.19. The third-order valence-electron chi connectivity index (χ3n) is 1.38. The van der Waals surface area contributed by atoms with Gasteiger partial charge in [-0.05, 0) is 0 Å². The average molecular weight is 259 g/mol. The molecule has 1 rings (SSSR count). The third-order valence-corrected chi connectivity index (χ3v) is 2.22. The van der Waals surface area contributed by atoms with E-state index in [4.69, 9.17) is 0 Å². The quantitative estimate of drug-likeness (QED) is 0.580.